The predicted molar refractivity (Wildman–Crippen MR) is 96.8 cm³/mol. The Bertz CT molecular complexity index is 987. The number of carbonyl (C=O) groups excluding carboxylic acids is 1. The van der Waals surface area contributed by atoms with Gasteiger partial charge in [0.15, 0.2) is 17.3 Å². The van der Waals surface area contributed by atoms with Crippen LogP contribution in [0.25, 0.3) is 5.65 Å². The minimum atomic E-state index is -0.591. The molecule has 0 aliphatic heterocycles. The predicted octanol–water partition coefficient (Wildman–Crippen LogP) is 1.87. The molecule has 9 nitrogen and oxygen atoms in total. The largest absolute Gasteiger partial charge is 0.381 e. The molecular formula is C17H20FN7O2. The molecule has 0 saturated carbocycles. The van der Waals surface area contributed by atoms with Crippen molar-refractivity contribution >= 4 is 23.1 Å². The van der Waals surface area contributed by atoms with E-state index in [0.717, 1.165) is 39.5 Å². The fraction of sp³-hybridized carbons (Fsp3) is 0.294. The number of aromatic nitrogens is 4. The molecule has 0 fully saturated rings. The van der Waals surface area contributed by atoms with Crippen molar-refractivity contribution in [1.82, 2.24) is 24.6 Å². The number of nitrogens with zero attached hydrogens (tertiary/aromatic N) is 5. The lowest BCUT2D eigenvalue weighted by molar-refractivity contribution is -0.0733. The first kappa shape index (κ1) is 18.7. The monoisotopic (exact) mass is 373 g/mol. The summed E-state index contributed by atoms with van der Waals surface area (Å²) in [4.78, 5) is 20.9. The highest BCUT2D eigenvalue weighted by Gasteiger charge is 2.21. The second-order valence-electron chi connectivity index (χ2n) is 6.15. The van der Waals surface area contributed by atoms with Crippen LogP contribution in [0, 0.1) is 5.82 Å². The molecule has 27 heavy (non-hydrogen) atoms. The van der Waals surface area contributed by atoms with Gasteiger partial charge in [0.2, 0.25) is 0 Å². The molecule has 3 aromatic rings. The molecule has 0 aliphatic rings. The average molecular weight is 373 g/mol. The lowest BCUT2D eigenvalue weighted by Crippen LogP contribution is -2.18. The van der Waals surface area contributed by atoms with Gasteiger partial charge in [-0.1, -0.05) is 13.3 Å². The van der Waals surface area contributed by atoms with Crippen LogP contribution in [0.15, 0.2) is 24.8 Å². The van der Waals surface area contributed by atoms with Crippen LogP contribution < -0.4 is 11.1 Å². The van der Waals surface area contributed by atoms with E-state index in [2.05, 4.69) is 20.4 Å². The molecule has 0 aromatic carbocycles. The minimum Gasteiger partial charge on any atom is -0.381 e. The van der Waals surface area contributed by atoms with Crippen molar-refractivity contribution in [1.29, 1.82) is 0 Å². The Hall–Kier alpha value is -3.11. The van der Waals surface area contributed by atoms with Crippen molar-refractivity contribution in [2.45, 2.75) is 26.3 Å². The quantitative estimate of drug-likeness (QED) is 0.564. The molecule has 142 valence electrons. The molecule has 0 saturated heterocycles. The lowest BCUT2D eigenvalue weighted by atomic mass is 10.0. The third kappa shape index (κ3) is 3.86. The number of pyridine rings is 1. The fourth-order valence-corrected chi connectivity index (χ4v) is 2.90. The van der Waals surface area contributed by atoms with Crippen molar-refractivity contribution in [3.8, 4) is 0 Å². The number of halogens is 1. The molecule has 1 amide bonds. The van der Waals surface area contributed by atoms with Crippen molar-refractivity contribution in [2.24, 2.45) is 0 Å². The molecule has 0 radical (unpaired) electrons. The molecule has 0 bridgehead atoms. The van der Waals surface area contributed by atoms with Crippen LogP contribution in [0.5, 0.6) is 0 Å². The highest BCUT2D eigenvalue weighted by atomic mass is 19.1. The summed E-state index contributed by atoms with van der Waals surface area (Å²) in [5, 5.41) is 17.3. The van der Waals surface area contributed by atoms with Gasteiger partial charge in [0.25, 0.3) is 5.91 Å². The van der Waals surface area contributed by atoms with E-state index in [9.17, 15) is 14.4 Å². The Morgan fingerprint density at radius 3 is 2.89 bits per heavy atom. The van der Waals surface area contributed by atoms with Gasteiger partial charge in [-0.3, -0.25) is 9.78 Å². The van der Waals surface area contributed by atoms with Gasteiger partial charge >= 0.3 is 0 Å². The van der Waals surface area contributed by atoms with Gasteiger partial charge in [0.1, 0.15) is 5.56 Å². The normalized spacial score (nSPS) is 11.3. The van der Waals surface area contributed by atoms with Crippen molar-refractivity contribution < 1.29 is 14.4 Å². The maximum absolute atomic E-state index is 13.3. The molecule has 0 unspecified atom stereocenters. The molecular weight excluding hydrogens is 353 g/mol. The molecule has 10 heteroatoms. The van der Waals surface area contributed by atoms with Gasteiger partial charge in [-0.05, 0) is 17.5 Å². The number of hydrogen-bond donors (Lipinski definition) is 3. The zero-order valence-corrected chi connectivity index (χ0v) is 15.0. The number of hydrogen-bond acceptors (Lipinski definition) is 7. The molecule has 4 N–H and O–H groups in total. The summed E-state index contributed by atoms with van der Waals surface area (Å²) in [5.74, 6) is -1.16. The first-order valence-corrected chi connectivity index (χ1v) is 8.37. The number of anilines is 2. The summed E-state index contributed by atoms with van der Waals surface area (Å²) < 4.78 is 14.4. The molecule has 0 aliphatic carbocycles. The first-order valence-electron chi connectivity index (χ1n) is 8.37. The van der Waals surface area contributed by atoms with Gasteiger partial charge in [0, 0.05) is 13.2 Å². The maximum Gasteiger partial charge on any atom is 0.263 e. The van der Waals surface area contributed by atoms with E-state index in [1.807, 2.05) is 6.92 Å². The second-order valence-corrected chi connectivity index (χ2v) is 6.15. The number of nitrogens with two attached hydrogens (primary N) is 1. The van der Waals surface area contributed by atoms with Crippen LogP contribution in [-0.2, 0) is 13.0 Å². The topological polar surface area (TPSA) is 122 Å². The van der Waals surface area contributed by atoms with Crippen LogP contribution >= 0.6 is 0 Å². The number of carbonyl (C=O) groups is 1. The molecule has 3 heterocycles. The van der Waals surface area contributed by atoms with Crippen LogP contribution in [0.1, 0.15) is 34.8 Å². The number of rotatable bonds is 6. The molecule has 0 spiro atoms. The van der Waals surface area contributed by atoms with Gasteiger partial charge < -0.3 is 16.3 Å². The molecule has 0 atom stereocenters. The SMILES string of the molecule is CCCc1c(CN(C)O)cncc1NC(=O)c1c(N)nn2cc(F)cnc12. The molecule has 3 aromatic heterocycles. The number of hydroxylamine groups is 2. The lowest BCUT2D eigenvalue weighted by Gasteiger charge is -2.16. The third-order valence-electron chi connectivity index (χ3n) is 3.99. The van der Waals surface area contributed by atoms with Crippen LogP contribution in [0.3, 0.4) is 0 Å². The summed E-state index contributed by atoms with van der Waals surface area (Å²) in [6.07, 6.45) is 6.82. The number of amides is 1. The summed E-state index contributed by atoms with van der Waals surface area (Å²) in [5.41, 5.74) is 8.24. The number of fused-ring (bicyclic) bond motifs is 1. The third-order valence-corrected chi connectivity index (χ3v) is 3.99. The van der Waals surface area contributed by atoms with E-state index in [1.54, 1.807) is 12.4 Å². The Labute approximate surface area is 154 Å². The summed E-state index contributed by atoms with van der Waals surface area (Å²) >= 11 is 0. The number of nitrogen functional groups attached to an aromatic ring is 1. The maximum atomic E-state index is 13.3. The van der Waals surface area contributed by atoms with Crippen LogP contribution in [0.4, 0.5) is 15.9 Å². The second kappa shape index (κ2) is 7.64. The summed E-state index contributed by atoms with van der Waals surface area (Å²) in [7, 11) is 1.53. The van der Waals surface area contributed by atoms with Crippen molar-refractivity contribution in [2.75, 3.05) is 18.1 Å². The van der Waals surface area contributed by atoms with E-state index in [-0.39, 0.29) is 23.6 Å². The van der Waals surface area contributed by atoms with Crippen molar-refractivity contribution in [3.63, 3.8) is 0 Å². The average Bonchev–Trinajstić information content (AvgIpc) is 2.92. The van der Waals surface area contributed by atoms with Gasteiger partial charge in [0.05, 0.1) is 30.8 Å². The van der Waals surface area contributed by atoms with Gasteiger partial charge in [-0.25, -0.2) is 13.9 Å². The Morgan fingerprint density at radius 1 is 1.41 bits per heavy atom. The van der Waals surface area contributed by atoms with E-state index in [0.29, 0.717) is 12.1 Å². The van der Waals surface area contributed by atoms with Gasteiger partial charge in [-0.15, -0.1) is 5.10 Å². The standard InChI is InChI=1S/C17H20FN7O2/c1-3-4-12-10(8-24(2)27)5-20-7-13(12)22-17(26)14-15(19)23-25-9-11(18)6-21-16(14)25/h5-7,9,27H,3-4,8H2,1-2H3,(H2,19,23)(H,22,26). The van der Waals surface area contributed by atoms with E-state index in [4.69, 9.17) is 5.73 Å². The fourth-order valence-electron chi connectivity index (χ4n) is 2.90. The Kier molecular flexibility index (Phi) is 5.28. The highest BCUT2D eigenvalue weighted by molar-refractivity contribution is 6.11. The minimum absolute atomic E-state index is 0.0538. The summed E-state index contributed by atoms with van der Waals surface area (Å²) in [6, 6.07) is 0. The van der Waals surface area contributed by atoms with Crippen LogP contribution in [0.2, 0.25) is 0 Å². The highest BCUT2D eigenvalue weighted by Crippen LogP contribution is 2.24. The van der Waals surface area contributed by atoms with E-state index >= 15 is 0 Å². The van der Waals surface area contributed by atoms with Crippen LogP contribution in [-0.4, -0.2) is 42.8 Å². The Balaban J connectivity index is 1.98. The zero-order valence-electron chi connectivity index (χ0n) is 15.0. The summed E-state index contributed by atoms with van der Waals surface area (Å²) in [6.45, 7) is 2.28. The zero-order chi connectivity index (χ0) is 19.6. The van der Waals surface area contributed by atoms with E-state index in [1.165, 1.54) is 7.05 Å². The first-order chi connectivity index (χ1) is 12.9. The van der Waals surface area contributed by atoms with Crippen molar-refractivity contribution in [3.05, 3.63) is 47.3 Å². The smallest absolute Gasteiger partial charge is 0.263 e. The van der Waals surface area contributed by atoms with Gasteiger partial charge in [-0.2, -0.15) is 5.06 Å². The Morgan fingerprint density at radius 2 is 2.19 bits per heavy atom. The molecule has 3 rings (SSSR count). The van der Waals surface area contributed by atoms with E-state index < -0.39 is 11.7 Å². The number of nitrogens with one attached hydrogen (secondary N) is 1.